The van der Waals surface area contributed by atoms with Crippen molar-refractivity contribution in [3.63, 3.8) is 0 Å². The normalized spacial score (nSPS) is 24.1. The van der Waals surface area contributed by atoms with E-state index < -0.39 is 72.2 Å². The topological polar surface area (TPSA) is 194 Å². The number of nitrogens with zero attached hydrogens (tertiary/aromatic N) is 3. The lowest BCUT2D eigenvalue weighted by Crippen LogP contribution is -2.73. The molecule has 0 saturated carbocycles. The van der Waals surface area contributed by atoms with Gasteiger partial charge in [0, 0.05) is 19.6 Å². The van der Waals surface area contributed by atoms with Crippen molar-refractivity contribution in [3.05, 3.63) is 0 Å². The number of amides is 3. The zero-order valence-electron chi connectivity index (χ0n) is 24.1. The fourth-order valence-electron chi connectivity index (χ4n) is 4.81. The molecule has 0 bridgehead atoms. The summed E-state index contributed by atoms with van der Waals surface area (Å²) in [6.45, 7) is 7.38. The molecule has 2 fully saturated rings. The van der Waals surface area contributed by atoms with E-state index in [1.807, 2.05) is 0 Å². The molecule has 3 amide bonds. The van der Waals surface area contributed by atoms with E-state index in [9.17, 15) is 38.4 Å². The molecule has 228 valence electrons. The third-order valence-corrected chi connectivity index (χ3v) is 6.95. The maximum atomic E-state index is 14.1. The van der Waals surface area contributed by atoms with E-state index in [0.29, 0.717) is 38.0 Å². The Kier molecular flexibility index (Phi) is 12.8. The number of piperazine rings is 1. The zero-order chi connectivity index (χ0) is 30.9. The molecule has 2 heterocycles. The lowest BCUT2D eigenvalue weighted by atomic mass is 10.0. The summed E-state index contributed by atoms with van der Waals surface area (Å²) in [5.74, 6) is -2.28. The van der Waals surface area contributed by atoms with Gasteiger partial charge in [-0.25, -0.2) is 0 Å². The Balaban J connectivity index is 2.45. The van der Waals surface area contributed by atoms with Crippen LogP contribution in [0.3, 0.4) is 0 Å². The van der Waals surface area contributed by atoms with E-state index in [0.717, 1.165) is 0 Å². The third kappa shape index (κ3) is 8.55. The molecular weight excluding hydrogens is 538 g/mol. The van der Waals surface area contributed by atoms with Gasteiger partial charge in [0.05, 0.1) is 30.2 Å². The average molecular weight is 580 g/mol. The number of hydrogen-bond acceptors (Lipinski definition) is 12. The molecule has 2 rings (SSSR count). The van der Waals surface area contributed by atoms with Gasteiger partial charge in [0.15, 0.2) is 18.1 Å². The Morgan fingerprint density at radius 3 is 1.78 bits per heavy atom. The van der Waals surface area contributed by atoms with Crippen LogP contribution in [-0.4, -0.2) is 132 Å². The van der Waals surface area contributed by atoms with E-state index in [1.54, 1.807) is 6.92 Å². The molecule has 0 aliphatic carbocycles. The first-order valence-corrected chi connectivity index (χ1v) is 13.7. The molecule has 2 aliphatic rings. The monoisotopic (exact) mass is 579 g/mol. The SMILES string of the molecule is CC(=O)[C@H](N[C@@H](C)C=O)N1CCN(C(=O)[C@H](N[C@@H](C)C=O)N2CCC[C@@H](N[C@@H](C)C=O)C2=O)[C@@H](N[C@@H](C)C=O)C1=O. The van der Waals surface area contributed by atoms with Gasteiger partial charge in [-0.3, -0.25) is 40.4 Å². The number of ketones is 1. The van der Waals surface area contributed by atoms with Crippen molar-refractivity contribution >= 4 is 48.6 Å². The number of piperidine rings is 1. The van der Waals surface area contributed by atoms with Crippen molar-refractivity contribution in [1.82, 2.24) is 36.0 Å². The Morgan fingerprint density at radius 2 is 1.24 bits per heavy atom. The van der Waals surface area contributed by atoms with Crippen LogP contribution in [0, 0.1) is 0 Å². The second-order valence-electron chi connectivity index (χ2n) is 10.5. The van der Waals surface area contributed by atoms with Crippen LogP contribution in [0.2, 0.25) is 0 Å². The van der Waals surface area contributed by atoms with Gasteiger partial charge in [-0.05, 0) is 47.5 Å². The number of aldehydes is 4. The molecule has 4 N–H and O–H groups in total. The summed E-state index contributed by atoms with van der Waals surface area (Å²) in [6.07, 6.45) is -0.580. The Hall–Kier alpha value is -3.40. The molecule has 0 aromatic heterocycles. The summed E-state index contributed by atoms with van der Waals surface area (Å²) in [5, 5.41) is 11.4. The van der Waals surface area contributed by atoms with E-state index in [1.165, 1.54) is 42.4 Å². The summed E-state index contributed by atoms with van der Waals surface area (Å²) in [5.41, 5.74) is 0. The van der Waals surface area contributed by atoms with Crippen LogP contribution in [0.5, 0.6) is 0 Å². The summed E-state index contributed by atoms with van der Waals surface area (Å²) in [4.78, 5) is 103. The first-order valence-electron chi connectivity index (χ1n) is 13.7. The van der Waals surface area contributed by atoms with Gasteiger partial charge in [-0.1, -0.05) is 0 Å². The minimum atomic E-state index is -1.40. The maximum Gasteiger partial charge on any atom is 0.262 e. The van der Waals surface area contributed by atoms with Crippen molar-refractivity contribution in [1.29, 1.82) is 0 Å². The molecule has 8 atom stereocenters. The fourth-order valence-corrected chi connectivity index (χ4v) is 4.81. The summed E-state index contributed by atoms with van der Waals surface area (Å²) < 4.78 is 0. The Morgan fingerprint density at radius 1 is 0.732 bits per heavy atom. The average Bonchev–Trinajstić information content (AvgIpc) is 2.96. The Bertz CT molecular complexity index is 1010. The molecule has 2 saturated heterocycles. The molecule has 0 radical (unpaired) electrons. The quantitative estimate of drug-likeness (QED) is 0.135. The van der Waals surface area contributed by atoms with Crippen molar-refractivity contribution in [2.24, 2.45) is 0 Å². The predicted octanol–water partition coefficient (Wildman–Crippen LogP) is -3.08. The Labute approximate surface area is 239 Å². The lowest BCUT2D eigenvalue weighted by Gasteiger charge is -2.46. The van der Waals surface area contributed by atoms with Gasteiger partial charge >= 0.3 is 0 Å². The molecular formula is C26H41N7O8. The molecule has 2 aliphatic heterocycles. The van der Waals surface area contributed by atoms with Gasteiger partial charge in [0.1, 0.15) is 31.3 Å². The third-order valence-electron chi connectivity index (χ3n) is 6.95. The molecule has 0 aromatic rings. The van der Waals surface area contributed by atoms with Crippen LogP contribution < -0.4 is 21.3 Å². The minimum Gasteiger partial charge on any atom is -0.317 e. The first-order chi connectivity index (χ1) is 19.4. The summed E-state index contributed by atoms with van der Waals surface area (Å²) >= 11 is 0. The second-order valence-corrected chi connectivity index (χ2v) is 10.5. The lowest BCUT2D eigenvalue weighted by molar-refractivity contribution is -0.164. The molecule has 0 aromatic carbocycles. The van der Waals surface area contributed by atoms with Crippen LogP contribution in [0.1, 0.15) is 47.5 Å². The van der Waals surface area contributed by atoms with Crippen molar-refractivity contribution < 1.29 is 38.4 Å². The van der Waals surface area contributed by atoms with Crippen LogP contribution in [0.15, 0.2) is 0 Å². The molecule has 0 spiro atoms. The van der Waals surface area contributed by atoms with E-state index in [2.05, 4.69) is 21.3 Å². The first kappa shape index (κ1) is 33.8. The highest BCUT2D eigenvalue weighted by Gasteiger charge is 2.46. The van der Waals surface area contributed by atoms with Crippen LogP contribution >= 0.6 is 0 Å². The molecule has 0 unspecified atom stereocenters. The van der Waals surface area contributed by atoms with Crippen molar-refractivity contribution in [3.8, 4) is 0 Å². The smallest absolute Gasteiger partial charge is 0.262 e. The minimum absolute atomic E-state index is 0.0890. The van der Waals surface area contributed by atoms with Crippen molar-refractivity contribution in [2.75, 3.05) is 19.6 Å². The van der Waals surface area contributed by atoms with Crippen LogP contribution in [0.4, 0.5) is 0 Å². The van der Waals surface area contributed by atoms with E-state index in [4.69, 9.17) is 0 Å². The van der Waals surface area contributed by atoms with Gasteiger partial charge in [0.25, 0.3) is 11.8 Å². The zero-order valence-corrected chi connectivity index (χ0v) is 24.1. The van der Waals surface area contributed by atoms with E-state index in [-0.39, 0.29) is 19.6 Å². The number of carbonyl (C=O) groups excluding carboxylic acids is 8. The standard InChI is InChI=1S/C26H41N7O8/c1-15(11-34)27-20-7-6-8-31(24(20)39)22(29-17(3)13-36)26(41)33-10-9-32(21(19(5)38)28-16(2)12-35)25(40)23(33)30-18(4)14-37/h11-18,20-23,27-30H,6-10H2,1-5H3/t15-,16-,17-,18-,20+,21+,22+,23+/m0/s1. The van der Waals surface area contributed by atoms with Gasteiger partial charge in [0.2, 0.25) is 5.91 Å². The number of likely N-dealkylation sites (tertiary alicyclic amines) is 1. The number of Topliss-reactive ketones (excluding diaryl/α,β-unsaturated/α-hetero) is 1. The number of nitrogens with one attached hydrogen (secondary N) is 4. The number of carbonyl (C=O) groups is 8. The fraction of sp³-hybridized carbons (Fsp3) is 0.692. The number of hydrogen-bond donors (Lipinski definition) is 4. The highest BCUT2D eigenvalue weighted by Crippen LogP contribution is 2.20. The second kappa shape index (κ2) is 15.6. The summed E-state index contributed by atoms with van der Waals surface area (Å²) in [7, 11) is 0. The van der Waals surface area contributed by atoms with Crippen LogP contribution in [-0.2, 0) is 38.4 Å². The molecule has 41 heavy (non-hydrogen) atoms. The van der Waals surface area contributed by atoms with E-state index >= 15 is 0 Å². The predicted molar refractivity (Wildman–Crippen MR) is 145 cm³/mol. The van der Waals surface area contributed by atoms with Gasteiger partial charge < -0.3 is 33.9 Å². The molecule has 15 heteroatoms. The number of rotatable bonds is 16. The van der Waals surface area contributed by atoms with Crippen molar-refractivity contribution in [2.45, 2.75) is 96.2 Å². The highest BCUT2D eigenvalue weighted by atomic mass is 16.2. The van der Waals surface area contributed by atoms with Gasteiger partial charge in [-0.2, -0.15) is 0 Å². The summed E-state index contributed by atoms with van der Waals surface area (Å²) in [6, 6.07) is -3.80. The molecule has 15 nitrogen and oxygen atoms in total. The maximum absolute atomic E-state index is 14.1. The van der Waals surface area contributed by atoms with Gasteiger partial charge in [-0.15, -0.1) is 0 Å². The largest absolute Gasteiger partial charge is 0.317 e. The highest BCUT2D eigenvalue weighted by molar-refractivity contribution is 5.96. The van der Waals surface area contributed by atoms with Crippen LogP contribution in [0.25, 0.3) is 0 Å².